The molecule has 0 fully saturated rings. The second kappa shape index (κ2) is 4.78. The van der Waals surface area contributed by atoms with Crippen molar-refractivity contribution in [1.82, 2.24) is 0 Å². The van der Waals surface area contributed by atoms with E-state index in [1.165, 1.54) is 0 Å². The Kier molecular flexibility index (Phi) is 3.11. The van der Waals surface area contributed by atoms with E-state index < -0.39 is 4.65 Å². The van der Waals surface area contributed by atoms with Gasteiger partial charge in [-0.1, -0.05) is 23.7 Å². The van der Waals surface area contributed by atoms with Crippen molar-refractivity contribution in [2.24, 2.45) is 4.99 Å². The third-order valence-corrected chi connectivity index (χ3v) is 3.57. The molecule has 2 aliphatic heterocycles. The van der Waals surface area contributed by atoms with Crippen molar-refractivity contribution in [3.63, 3.8) is 0 Å². The van der Waals surface area contributed by atoms with Gasteiger partial charge < -0.3 is 5.21 Å². The Hall–Kier alpha value is -1.68. The predicted octanol–water partition coefficient (Wildman–Crippen LogP) is 3.92. The molecular weight excluding hydrogens is 260 g/mol. The molecule has 1 unspecified atom stereocenters. The van der Waals surface area contributed by atoms with Gasteiger partial charge in [0, 0.05) is 35.9 Å². The molecule has 0 bridgehead atoms. The van der Waals surface area contributed by atoms with Gasteiger partial charge in [-0.2, -0.15) is 0 Å². The molecule has 3 rings (SSSR count). The zero-order valence-electron chi connectivity index (χ0n) is 10.3. The van der Waals surface area contributed by atoms with Crippen molar-refractivity contribution in [3.8, 4) is 0 Å². The van der Waals surface area contributed by atoms with Crippen LogP contribution in [0.1, 0.15) is 12.0 Å². The average molecular weight is 273 g/mol. The predicted molar refractivity (Wildman–Crippen MR) is 77.2 cm³/mol. The number of quaternary nitrogens is 1. The molecule has 19 heavy (non-hydrogen) atoms. The zero-order chi connectivity index (χ0) is 13.3. The van der Waals surface area contributed by atoms with E-state index in [2.05, 4.69) is 4.99 Å². The highest BCUT2D eigenvalue weighted by Crippen LogP contribution is 2.35. The highest BCUT2D eigenvalue weighted by Gasteiger charge is 2.31. The Bertz CT molecular complexity index is 631. The minimum atomic E-state index is -0.545. The lowest BCUT2D eigenvalue weighted by atomic mass is 10.1. The average Bonchev–Trinajstić information content (AvgIpc) is 2.73. The first-order chi connectivity index (χ1) is 9.18. The molecule has 0 amide bonds. The number of halogens is 1. The molecule has 0 N–H and O–H groups in total. The van der Waals surface area contributed by atoms with Crippen LogP contribution in [0.15, 0.2) is 65.2 Å². The van der Waals surface area contributed by atoms with E-state index in [1.807, 2.05) is 30.3 Å². The van der Waals surface area contributed by atoms with Crippen molar-refractivity contribution in [2.45, 2.75) is 12.8 Å². The number of hydroxylamine groups is 3. The number of aryl methyl sites for hydroxylation is 1. The Morgan fingerprint density at radius 2 is 2.11 bits per heavy atom. The molecule has 4 heteroatoms. The summed E-state index contributed by atoms with van der Waals surface area (Å²) in [5.41, 5.74) is 1.95. The van der Waals surface area contributed by atoms with Gasteiger partial charge in [0.15, 0.2) is 0 Å². The smallest absolute Gasteiger partial charge is 0.237 e. The standard InChI is InChI=1S/C15H13ClN2O/c16-13-4-1-3-12(11-13)5-6-14-7-8-15-17-9-2-10-18(14,15)19/h1-4,7-11H,5-6H2. The summed E-state index contributed by atoms with van der Waals surface area (Å²) in [6, 6.07) is 7.74. The van der Waals surface area contributed by atoms with E-state index >= 15 is 0 Å². The second-order valence-corrected chi connectivity index (χ2v) is 5.03. The van der Waals surface area contributed by atoms with Crippen LogP contribution >= 0.6 is 11.6 Å². The van der Waals surface area contributed by atoms with Gasteiger partial charge in [0.2, 0.25) is 5.82 Å². The summed E-state index contributed by atoms with van der Waals surface area (Å²) in [6.45, 7) is 0. The highest BCUT2D eigenvalue weighted by molar-refractivity contribution is 6.30. The lowest BCUT2D eigenvalue weighted by molar-refractivity contribution is -0.746. The third-order valence-electron chi connectivity index (χ3n) is 3.34. The van der Waals surface area contributed by atoms with E-state index in [-0.39, 0.29) is 0 Å². The Morgan fingerprint density at radius 1 is 1.21 bits per heavy atom. The summed E-state index contributed by atoms with van der Waals surface area (Å²) >= 11 is 5.96. The van der Waals surface area contributed by atoms with Gasteiger partial charge in [-0.05, 0) is 24.1 Å². The van der Waals surface area contributed by atoms with E-state index in [9.17, 15) is 5.21 Å². The SMILES string of the molecule is [O-][N+]12C=CC=NC1=CC=C2CCc1cccc(Cl)c1. The maximum Gasteiger partial charge on any atom is 0.237 e. The molecule has 1 aromatic rings. The summed E-state index contributed by atoms with van der Waals surface area (Å²) in [5.74, 6) is 0.531. The quantitative estimate of drug-likeness (QED) is 0.607. The largest absolute Gasteiger partial charge is 0.616 e. The van der Waals surface area contributed by atoms with E-state index in [0.717, 1.165) is 22.7 Å². The van der Waals surface area contributed by atoms with Crippen LogP contribution in [0.5, 0.6) is 0 Å². The third kappa shape index (κ3) is 2.28. The normalized spacial score (nSPS) is 24.1. The molecule has 3 nitrogen and oxygen atoms in total. The number of rotatable bonds is 3. The maximum atomic E-state index is 12.7. The number of nitrogens with zero attached hydrogens (tertiary/aromatic N) is 2. The van der Waals surface area contributed by atoms with Crippen molar-refractivity contribution < 1.29 is 4.65 Å². The summed E-state index contributed by atoms with van der Waals surface area (Å²) in [6.07, 6.45) is 10.1. The van der Waals surface area contributed by atoms with Gasteiger partial charge >= 0.3 is 0 Å². The van der Waals surface area contributed by atoms with Crippen molar-refractivity contribution in [3.05, 3.63) is 76.0 Å². The highest BCUT2D eigenvalue weighted by atomic mass is 35.5. The number of benzene rings is 1. The van der Waals surface area contributed by atoms with Gasteiger partial charge in [0.25, 0.3) is 0 Å². The van der Waals surface area contributed by atoms with Crippen LogP contribution in [-0.4, -0.2) is 10.9 Å². The fourth-order valence-corrected chi connectivity index (χ4v) is 2.55. The Labute approximate surface area is 117 Å². The van der Waals surface area contributed by atoms with Gasteiger partial charge in [0.1, 0.15) is 11.9 Å². The molecular formula is C15H13ClN2O. The molecule has 2 heterocycles. The van der Waals surface area contributed by atoms with Crippen LogP contribution < -0.4 is 0 Å². The monoisotopic (exact) mass is 272 g/mol. The van der Waals surface area contributed by atoms with E-state index in [1.54, 1.807) is 24.6 Å². The first-order valence-electron chi connectivity index (χ1n) is 6.16. The lowest BCUT2D eigenvalue weighted by Gasteiger charge is -2.37. The lowest BCUT2D eigenvalue weighted by Crippen LogP contribution is -2.32. The number of aliphatic imine (C=N–C) groups is 1. The molecule has 1 atom stereocenters. The van der Waals surface area contributed by atoms with Crippen molar-refractivity contribution in [1.29, 1.82) is 0 Å². The Morgan fingerprint density at radius 3 is 2.95 bits per heavy atom. The second-order valence-electron chi connectivity index (χ2n) is 4.59. The molecule has 0 radical (unpaired) electrons. The maximum absolute atomic E-state index is 12.7. The number of hydrogen-bond donors (Lipinski definition) is 0. The van der Waals surface area contributed by atoms with Gasteiger partial charge in [-0.15, -0.1) is 0 Å². The minimum absolute atomic E-state index is 0.531. The molecule has 0 aromatic heterocycles. The van der Waals surface area contributed by atoms with Crippen LogP contribution in [0.25, 0.3) is 0 Å². The topological polar surface area (TPSA) is 35.4 Å². The Balaban J connectivity index is 1.73. The molecule has 96 valence electrons. The number of fused-ring (bicyclic) bond motifs is 1. The van der Waals surface area contributed by atoms with E-state index in [4.69, 9.17) is 11.6 Å². The first kappa shape index (κ1) is 12.4. The van der Waals surface area contributed by atoms with Crippen LogP contribution in [0.4, 0.5) is 0 Å². The number of hydrogen-bond acceptors (Lipinski definition) is 2. The fourth-order valence-electron chi connectivity index (χ4n) is 2.33. The van der Waals surface area contributed by atoms with Crippen LogP contribution in [-0.2, 0) is 6.42 Å². The molecule has 0 saturated carbocycles. The first-order valence-corrected chi connectivity index (χ1v) is 6.54. The fraction of sp³-hybridized carbons (Fsp3) is 0.133. The van der Waals surface area contributed by atoms with Gasteiger partial charge in [-0.25, -0.2) is 4.99 Å². The molecule has 0 saturated heterocycles. The van der Waals surface area contributed by atoms with Gasteiger partial charge in [-0.3, -0.25) is 4.65 Å². The van der Waals surface area contributed by atoms with E-state index in [0.29, 0.717) is 12.2 Å². The zero-order valence-corrected chi connectivity index (χ0v) is 11.0. The van der Waals surface area contributed by atoms with Crippen LogP contribution in [0.2, 0.25) is 5.02 Å². The minimum Gasteiger partial charge on any atom is -0.616 e. The summed E-state index contributed by atoms with van der Waals surface area (Å²) < 4.78 is -0.545. The van der Waals surface area contributed by atoms with Crippen LogP contribution in [0, 0.1) is 5.21 Å². The summed E-state index contributed by atoms with van der Waals surface area (Å²) in [7, 11) is 0. The van der Waals surface area contributed by atoms with Crippen molar-refractivity contribution in [2.75, 3.05) is 0 Å². The summed E-state index contributed by atoms with van der Waals surface area (Å²) in [5, 5.41) is 13.4. The molecule has 0 spiro atoms. The van der Waals surface area contributed by atoms with Crippen molar-refractivity contribution >= 4 is 17.8 Å². The molecule has 1 aromatic carbocycles. The molecule has 0 aliphatic carbocycles. The summed E-state index contributed by atoms with van der Waals surface area (Å²) in [4.78, 5) is 4.12. The molecule has 2 aliphatic rings. The van der Waals surface area contributed by atoms with Gasteiger partial charge in [0.05, 0.1) is 0 Å². The van der Waals surface area contributed by atoms with Crippen LogP contribution in [0.3, 0.4) is 0 Å². The number of allylic oxidation sites excluding steroid dienone is 4.